The number of aromatic nitrogens is 2. The van der Waals surface area contributed by atoms with Crippen LogP contribution in [0.3, 0.4) is 0 Å². The van der Waals surface area contributed by atoms with E-state index in [-0.39, 0.29) is 87.8 Å². The number of primary amides is 1. The molecule has 0 bridgehead atoms. The molecule has 1 heterocycles. The minimum Gasteiger partial charge on any atom is -0.508 e. The van der Waals surface area contributed by atoms with E-state index < -0.39 is 144 Å². The number of aromatic hydroxyl groups is 2. The van der Waals surface area contributed by atoms with E-state index in [4.69, 9.17) is 28.7 Å². The third kappa shape index (κ3) is 28.8. The summed E-state index contributed by atoms with van der Waals surface area (Å²) in [5, 5.41) is 53.0. The first kappa shape index (κ1) is 76.6. The number of nitrogens with zero attached hydrogens (tertiary/aromatic N) is 2. The molecule has 0 unspecified atom stereocenters. The van der Waals surface area contributed by atoms with Crippen molar-refractivity contribution in [3.63, 3.8) is 0 Å². The average molecular weight is 1310 g/mol. The van der Waals surface area contributed by atoms with E-state index in [1.54, 1.807) is 6.26 Å². The summed E-state index contributed by atoms with van der Waals surface area (Å²) in [5.41, 5.74) is 29.8. The third-order valence-corrected chi connectivity index (χ3v) is 15.0. The van der Waals surface area contributed by atoms with Crippen molar-refractivity contribution >= 4 is 95.4 Å². The predicted molar refractivity (Wildman–Crippen MR) is 342 cm³/mol. The number of thioether (sulfide) groups is 1. The Hall–Kier alpha value is -8.69. The summed E-state index contributed by atoms with van der Waals surface area (Å²) in [5.74, 6) is -10.5. The lowest BCUT2D eigenvalue weighted by molar-refractivity contribution is -0.142. The smallest absolute Gasteiger partial charge is 0.326 e. The van der Waals surface area contributed by atoms with Crippen LogP contribution in [0.25, 0.3) is 0 Å². The highest BCUT2D eigenvalue weighted by Gasteiger charge is 2.35. The highest BCUT2D eigenvalue weighted by molar-refractivity contribution is 7.98. The molecule has 0 aliphatic heterocycles. The quantitative estimate of drug-likeness (QED) is 0.0115. The van der Waals surface area contributed by atoms with Gasteiger partial charge >= 0.3 is 5.97 Å². The second-order valence-electron chi connectivity index (χ2n) is 22.0. The molecule has 33 heteroatoms. The number of nitrogens with one attached hydrogen (secondary N) is 10. The van der Waals surface area contributed by atoms with E-state index in [9.17, 15) is 68.1 Å². The average Bonchev–Trinajstić information content (AvgIpc) is 1.81. The van der Waals surface area contributed by atoms with E-state index in [0.717, 1.165) is 0 Å². The summed E-state index contributed by atoms with van der Waals surface area (Å²) in [6.45, 7) is 5.22. The zero-order valence-corrected chi connectivity index (χ0v) is 53.1. The third-order valence-electron chi connectivity index (χ3n) is 14.0. The molecule has 0 radical (unpaired) electrons. The Kier molecular flexibility index (Phi) is 33.8. The Labute approximate surface area is 537 Å². The van der Waals surface area contributed by atoms with Crippen molar-refractivity contribution in [2.75, 3.05) is 30.9 Å². The van der Waals surface area contributed by atoms with Crippen LogP contribution in [0.5, 0.6) is 11.5 Å². The number of aliphatic carboxylic acids is 1. The van der Waals surface area contributed by atoms with Crippen LogP contribution < -0.4 is 76.5 Å². The number of unbranched alkanes of at least 4 members (excludes halogenated alkanes) is 1. The van der Waals surface area contributed by atoms with Gasteiger partial charge in [-0.25, -0.2) is 9.78 Å². The molecule has 0 saturated heterocycles. The van der Waals surface area contributed by atoms with E-state index in [0.29, 0.717) is 35.4 Å². The van der Waals surface area contributed by atoms with Gasteiger partial charge in [-0.15, -0.1) is 0 Å². The largest absolute Gasteiger partial charge is 0.508 e. The number of phenolic OH excluding ortho intramolecular Hbond substituents is 2. The van der Waals surface area contributed by atoms with Crippen LogP contribution in [0.2, 0.25) is 0 Å². The van der Waals surface area contributed by atoms with Crippen LogP contribution in [0, 0.1) is 5.92 Å². The summed E-state index contributed by atoms with van der Waals surface area (Å²) < 4.78 is 0. The number of benzene rings is 2. The number of carboxylic acid groups (broad SMARTS) is 1. The molecule has 1 aromatic heterocycles. The molecule has 0 aliphatic carbocycles. The number of carboxylic acids is 1. The second-order valence-corrected chi connectivity index (χ2v) is 23.4. The fraction of sp³-hybridized carbons (Fsp3) is 0.534. The van der Waals surface area contributed by atoms with Crippen LogP contribution in [0.1, 0.15) is 95.4 Å². The number of hydrogen-bond acceptors (Lipinski definition) is 19. The Morgan fingerprint density at radius 1 is 0.571 bits per heavy atom. The molecule has 2 aromatic carbocycles. The fourth-order valence-corrected chi connectivity index (χ4v) is 9.69. The van der Waals surface area contributed by atoms with E-state index >= 15 is 0 Å². The number of amides is 10. The van der Waals surface area contributed by atoms with Crippen molar-refractivity contribution in [2.24, 2.45) is 39.6 Å². The number of imidazole rings is 1. The zero-order chi connectivity index (χ0) is 67.7. The fourth-order valence-electron chi connectivity index (χ4n) is 8.96. The molecule has 0 saturated carbocycles. The van der Waals surface area contributed by atoms with Gasteiger partial charge in [0.2, 0.25) is 59.1 Å². The summed E-state index contributed by atoms with van der Waals surface area (Å²) in [4.78, 5) is 161. The number of hydrogen-bond donors (Lipinski definition) is 19. The van der Waals surface area contributed by atoms with Gasteiger partial charge in [0.1, 0.15) is 65.9 Å². The Morgan fingerprint density at radius 3 is 1.47 bits per heavy atom. The van der Waals surface area contributed by atoms with Gasteiger partial charge in [-0.2, -0.15) is 24.4 Å². The first-order valence-corrected chi connectivity index (χ1v) is 31.6. The first-order valence-electron chi connectivity index (χ1n) is 29.5. The molecule has 10 amide bonds. The van der Waals surface area contributed by atoms with E-state index in [1.807, 2.05) is 13.8 Å². The van der Waals surface area contributed by atoms with Crippen molar-refractivity contribution in [3.05, 3.63) is 77.9 Å². The van der Waals surface area contributed by atoms with Crippen molar-refractivity contribution in [1.82, 2.24) is 57.8 Å². The molecule has 0 spiro atoms. The monoisotopic (exact) mass is 1310 g/mol. The summed E-state index contributed by atoms with van der Waals surface area (Å²) in [6, 6.07) is -2.23. The van der Waals surface area contributed by atoms with Crippen LogP contribution >= 0.6 is 24.4 Å². The van der Waals surface area contributed by atoms with Crippen LogP contribution in [-0.4, -0.2) is 188 Å². The number of guanidine groups is 1. The lowest BCUT2D eigenvalue weighted by Gasteiger charge is -2.28. The molecule has 502 valence electrons. The van der Waals surface area contributed by atoms with Crippen LogP contribution in [0.15, 0.2) is 66.0 Å². The molecule has 10 atom stereocenters. The van der Waals surface area contributed by atoms with E-state index in [2.05, 4.69) is 75.4 Å². The van der Waals surface area contributed by atoms with Gasteiger partial charge in [-0.05, 0) is 118 Å². The number of H-pyrrole nitrogens is 1. The highest BCUT2D eigenvalue weighted by atomic mass is 32.2. The SMILES string of the molecule is CSCC[C@H](NC(=O)[C@H](Cc1ccc(O)cc1)NC(=O)[C@H](CCCCN)NC(=O)[C@H](CS)NC(=O)[C@H](CCC(N)=O)NC(=O)[C@H](C)NC(=O)[C@H](CCCN=C(N)N)NC(=O)[C@H](Cc1ccc(O)cc1)NC(=O)[C@@H](N)CC(C)C)C(=O)N[C@@H](Cc1cnc[nH]1)C(=O)O. The maximum absolute atomic E-state index is 14.4. The lowest BCUT2D eigenvalue weighted by atomic mass is 10.0. The number of phenols is 2. The molecule has 91 heavy (non-hydrogen) atoms. The molecule has 23 N–H and O–H groups in total. The maximum Gasteiger partial charge on any atom is 0.326 e. The van der Waals surface area contributed by atoms with Crippen molar-refractivity contribution in [1.29, 1.82) is 0 Å². The molecule has 31 nitrogen and oxygen atoms in total. The lowest BCUT2D eigenvalue weighted by Crippen LogP contribution is -2.61. The van der Waals surface area contributed by atoms with Gasteiger partial charge in [0.05, 0.1) is 12.4 Å². The number of thiol groups is 1. The van der Waals surface area contributed by atoms with Crippen molar-refractivity contribution in [2.45, 2.75) is 158 Å². The normalized spacial score (nSPS) is 14.4. The summed E-state index contributed by atoms with van der Waals surface area (Å²) in [6.07, 6.45) is 4.18. The van der Waals surface area contributed by atoms with Gasteiger partial charge in [-0.3, -0.25) is 52.9 Å². The minimum absolute atomic E-state index is 0.0259. The van der Waals surface area contributed by atoms with Gasteiger partial charge in [0.25, 0.3) is 0 Å². The summed E-state index contributed by atoms with van der Waals surface area (Å²) >= 11 is 5.64. The molecule has 3 rings (SSSR count). The second kappa shape index (κ2) is 40.1. The molecule has 3 aromatic rings. The molecular weight excluding hydrogens is 1220 g/mol. The van der Waals surface area contributed by atoms with Crippen LogP contribution in [0.4, 0.5) is 0 Å². The van der Waals surface area contributed by atoms with Crippen molar-refractivity contribution in [3.8, 4) is 11.5 Å². The van der Waals surface area contributed by atoms with Gasteiger partial charge < -0.3 is 96.8 Å². The minimum atomic E-state index is -1.59. The molecule has 0 fully saturated rings. The maximum atomic E-state index is 14.4. The van der Waals surface area contributed by atoms with Gasteiger partial charge in [0.15, 0.2) is 5.96 Å². The standard InChI is InChI=1S/C58H89N17O14S2/c1-31(2)24-38(60)49(80)72-43(25-33-10-14-36(76)15-11-33)54(85)69-40(9-7-22-65-58(62)63)50(81)67-32(3)48(79)68-41(18-19-47(61)78)52(83)75-46(29-90)56(87)70-39(8-5-6-21-59)51(82)73-44(26-34-12-16-37(77)17-13-34)55(86)71-42(20-23-91-4)53(84)74-45(57(88)89)27-35-28-64-30-66-35/h10-17,28,30-32,38-46,76-77,90H,5-9,18-27,29,59-60H2,1-4H3,(H2,61,78)(H,64,66)(H,67,81)(H,68,79)(H,69,85)(H,70,87)(H,71,86)(H,72,80)(H,73,82)(H,74,84)(H,75,83)(H,88,89)(H4,62,63,65)/t32-,38-,39-,40-,41-,42-,43-,44-,45-,46-/m0/s1. The van der Waals surface area contributed by atoms with Crippen molar-refractivity contribution < 1.29 is 68.1 Å². The molecular formula is C58H89N17O14S2. The number of aromatic amines is 1. The van der Waals surface area contributed by atoms with Crippen LogP contribution in [-0.2, 0) is 72.0 Å². The zero-order valence-electron chi connectivity index (χ0n) is 51.4. The number of rotatable bonds is 42. The van der Waals surface area contributed by atoms with Gasteiger partial charge in [-0.1, -0.05) is 38.1 Å². The molecule has 0 aliphatic rings. The predicted octanol–water partition coefficient (Wildman–Crippen LogP) is -3.18. The number of nitrogens with two attached hydrogens (primary N) is 5. The number of carbonyl (C=O) groups excluding carboxylic acids is 10. The Morgan fingerprint density at radius 2 is 1.01 bits per heavy atom. The highest BCUT2D eigenvalue weighted by Crippen LogP contribution is 2.16. The first-order chi connectivity index (χ1) is 43.1. The topological polar surface area (TPSA) is 528 Å². The van der Waals surface area contributed by atoms with Gasteiger partial charge in [0, 0.05) is 49.9 Å². The Bertz CT molecular complexity index is 2900. The summed E-state index contributed by atoms with van der Waals surface area (Å²) in [7, 11) is 0. The van der Waals surface area contributed by atoms with E-state index in [1.165, 1.54) is 79.7 Å². The number of carbonyl (C=O) groups is 11. The Balaban J connectivity index is 1.87. The number of aliphatic imine (C=N–C) groups is 1.